The van der Waals surface area contributed by atoms with Crippen molar-refractivity contribution in [2.45, 2.75) is 31.6 Å². The maximum atomic E-state index is 12.3. The minimum absolute atomic E-state index is 0.217. The summed E-state index contributed by atoms with van der Waals surface area (Å²) in [5, 5.41) is 2.01. The van der Waals surface area contributed by atoms with Crippen LogP contribution < -0.4 is 4.72 Å². The molecule has 1 aromatic carbocycles. The average molecular weight is 317 g/mol. The first-order chi connectivity index (χ1) is 9.97. The molecule has 2 rings (SSSR count). The van der Waals surface area contributed by atoms with Gasteiger partial charge in [-0.3, -0.25) is 0 Å². The summed E-state index contributed by atoms with van der Waals surface area (Å²) in [4.78, 5) is 1.08. The highest BCUT2D eigenvalue weighted by molar-refractivity contribution is 7.84. The largest absolute Gasteiger partial charge is 0.242 e. The number of nitrogens with one attached hydrogen (secondary N) is 1. The highest BCUT2D eigenvalue weighted by Crippen LogP contribution is 2.21. The Labute approximate surface area is 133 Å². The van der Waals surface area contributed by atoms with Crippen molar-refractivity contribution < 1.29 is 4.21 Å². The van der Waals surface area contributed by atoms with Gasteiger partial charge < -0.3 is 0 Å². The molecule has 0 unspecified atom stereocenters. The minimum atomic E-state index is -1.16. The summed E-state index contributed by atoms with van der Waals surface area (Å²) >= 11 is 1.62. The monoisotopic (exact) mass is 317 g/mol. The Morgan fingerprint density at radius 1 is 1.14 bits per heavy atom. The van der Waals surface area contributed by atoms with Gasteiger partial charge in [0.25, 0.3) is 0 Å². The number of rotatable bonds is 3. The Hall–Kier alpha value is -1.41. The van der Waals surface area contributed by atoms with Gasteiger partial charge in [-0.25, -0.2) is 8.93 Å². The van der Waals surface area contributed by atoms with E-state index in [1.165, 1.54) is 0 Å². The summed E-state index contributed by atoms with van der Waals surface area (Å²) in [5.74, 6) is 6.35. The summed E-state index contributed by atoms with van der Waals surface area (Å²) in [6.45, 7) is 5.85. The van der Waals surface area contributed by atoms with E-state index in [-0.39, 0.29) is 10.8 Å². The zero-order valence-electron chi connectivity index (χ0n) is 12.4. The molecule has 2 atom stereocenters. The van der Waals surface area contributed by atoms with Gasteiger partial charge in [-0.05, 0) is 44.4 Å². The molecule has 0 aliphatic carbocycles. The van der Waals surface area contributed by atoms with Crippen LogP contribution in [-0.4, -0.2) is 8.96 Å². The van der Waals surface area contributed by atoms with Crippen LogP contribution in [0.1, 0.15) is 37.3 Å². The first-order valence-electron chi connectivity index (χ1n) is 6.75. The Kier molecular flexibility index (Phi) is 5.35. The number of thiophene rings is 1. The van der Waals surface area contributed by atoms with Crippen LogP contribution in [0, 0.1) is 11.8 Å². The van der Waals surface area contributed by atoms with Crippen molar-refractivity contribution in [1.29, 1.82) is 0 Å². The molecule has 0 radical (unpaired) electrons. The van der Waals surface area contributed by atoms with Gasteiger partial charge in [0.1, 0.15) is 6.04 Å². The summed E-state index contributed by atoms with van der Waals surface area (Å²) in [7, 11) is -1.16. The number of benzene rings is 1. The van der Waals surface area contributed by atoms with Crippen molar-refractivity contribution >= 4 is 22.3 Å². The lowest BCUT2D eigenvalue weighted by molar-refractivity contribution is 0.630. The molecule has 2 nitrogen and oxygen atoms in total. The Morgan fingerprint density at radius 3 is 2.43 bits per heavy atom. The lowest BCUT2D eigenvalue weighted by Gasteiger charge is -2.20. The molecule has 110 valence electrons. The van der Waals surface area contributed by atoms with Crippen LogP contribution >= 0.6 is 11.3 Å². The third-order valence-electron chi connectivity index (χ3n) is 2.74. The number of hydrogen-bond donors (Lipinski definition) is 1. The van der Waals surface area contributed by atoms with Crippen LogP contribution in [0.2, 0.25) is 0 Å². The quantitative estimate of drug-likeness (QED) is 0.855. The molecule has 0 saturated carbocycles. The van der Waals surface area contributed by atoms with Crippen LogP contribution in [0.4, 0.5) is 0 Å². The molecule has 0 aliphatic heterocycles. The minimum Gasteiger partial charge on any atom is -0.242 e. The van der Waals surface area contributed by atoms with Gasteiger partial charge in [0.2, 0.25) is 0 Å². The SMILES string of the molecule is CC(C)(C)[S@@](=O)N[C@@H](C#Cc1ccccc1)c1cccs1. The fourth-order valence-electron chi connectivity index (χ4n) is 1.57. The Bertz CT molecular complexity index is 646. The van der Waals surface area contributed by atoms with Gasteiger partial charge in [0.05, 0.1) is 15.7 Å². The maximum absolute atomic E-state index is 12.3. The van der Waals surface area contributed by atoms with E-state index in [4.69, 9.17) is 0 Å². The maximum Gasteiger partial charge on any atom is 0.115 e. The van der Waals surface area contributed by atoms with Crippen molar-refractivity contribution in [3.8, 4) is 11.8 Å². The molecule has 21 heavy (non-hydrogen) atoms. The molecule has 4 heteroatoms. The first kappa shape index (κ1) is 16.0. The second-order valence-corrected chi connectivity index (χ2v) is 8.56. The Balaban J connectivity index is 2.22. The molecule has 0 fully saturated rings. The van der Waals surface area contributed by atoms with Gasteiger partial charge in [0, 0.05) is 10.4 Å². The van der Waals surface area contributed by atoms with Crippen LogP contribution in [0.5, 0.6) is 0 Å². The molecule has 1 aromatic heterocycles. The summed E-state index contributed by atoms with van der Waals surface area (Å²) < 4.78 is 15.1. The second kappa shape index (κ2) is 7.04. The zero-order chi connectivity index (χ0) is 15.3. The second-order valence-electron chi connectivity index (χ2n) is 5.58. The molecule has 1 N–H and O–H groups in total. The Morgan fingerprint density at radius 2 is 1.86 bits per heavy atom. The molecule has 0 bridgehead atoms. The third kappa shape index (κ3) is 4.82. The standard InChI is InChI=1S/C17H19NOS2/c1-17(2,3)21(19)18-15(16-10-7-13-20-16)12-11-14-8-5-4-6-9-14/h4-10,13,15,18H,1-3H3/t15-,21+/m0/s1. The topological polar surface area (TPSA) is 29.1 Å². The highest BCUT2D eigenvalue weighted by atomic mass is 32.2. The molecule has 0 aliphatic rings. The smallest absolute Gasteiger partial charge is 0.115 e. The molecular formula is C17H19NOS2. The first-order valence-corrected chi connectivity index (χ1v) is 8.78. The molecule has 0 spiro atoms. The fourth-order valence-corrected chi connectivity index (χ4v) is 3.13. The van der Waals surface area contributed by atoms with Crippen LogP contribution in [0.15, 0.2) is 47.8 Å². The predicted octanol–water partition coefficient (Wildman–Crippen LogP) is 3.89. The lowest BCUT2D eigenvalue weighted by atomic mass is 10.2. The lowest BCUT2D eigenvalue weighted by Crippen LogP contribution is -2.35. The van der Waals surface area contributed by atoms with Gasteiger partial charge in [0.15, 0.2) is 0 Å². The summed E-state index contributed by atoms with van der Waals surface area (Å²) in [6.07, 6.45) is 0. The molecule has 1 heterocycles. The van der Waals surface area contributed by atoms with E-state index < -0.39 is 11.0 Å². The van der Waals surface area contributed by atoms with Gasteiger partial charge in [-0.2, -0.15) is 0 Å². The van der Waals surface area contributed by atoms with Gasteiger partial charge in [-0.15, -0.1) is 11.3 Å². The van der Waals surface area contributed by atoms with Crippen LogP contribution in [0.3, 0.4) is 0 Å². The highest BCUT2D eigenvalue weighted by Gasteiger charge is 2.23. The van der Waals surface area contributed by atoms with E-state index in [2.05, 4.69) is 16.6 Å². The van der Waals surface area contributed by atoms with Crippen molar-refractivity contribution in [2.24, 2.45) is 0 Å². The molecule has 0 saturated heterocycles. The van der Waals surface area contributed by atoms with Crippen molar-refractivity contribution in [2.75, 3.05) is 0 Å². The third-order valence-corrected chi connectivity index (χ3v) is 5.24. The van der Waals surface area contributed by atoms with Crippen LogP contribution in [0.25, 0.3) is 0 Å². The van der Waals surface area contributed by atoms with Gasteiger partial charge in [-0.1, -0.05) is 36.1 Å². The van der Waals surface area contributed by atoms with Crippen molar-refractivity contribution in [3.63, 3.8) is 0 Å². The normalized spacial score (nSPS) is 14.0. The van der Waals surface area contributed by atoms with E-state index in [1.807, 2.05) is 68.6 Å². The molecule has 0 amide bonds. The van der Waals surface area contributed by atoms with E-state index >= 15 is 0 Å². The van der Waals surface area contributed by atoms with Gasteiger partial charge >= 0.3 is 0 Å². The molecular weight excluding hydrogens is 298 g/mol. The summed E-state index contributed by atoms with van der Waals surface area (Å²) in [5.41, 5.74) is 0.961. The molecule has 2 aromatic rings. The zero-order valence-corrected chi connectivity index (χ0v) is 14.1. The van der Waals surface area contributed by atoms with Crippen molar-refractivity contribution in [3.05, 3.63) is 58.3 Å². The summed E-state index contributed by atoms with van der Waals surface area (Å²) in [6, 6.07) is 13.6. The fraction of sp³-hybridized carbons (Fsp3) is 0.294. The van der Waals surface area contributed by atoms with Crippen LogP contribution in [-0.2, 0) is 11.0 Å². The average Bonchev–Trinajstić information content (AvgIpc) is 2.97. The number of hydrogen-bond acceptors (Lipinski definition) is 2. The van der Waals surface area contributed by atoms with E-state index in [9.17, 15) is 4.21 Å². The van der Waals surface area contributed by atoms with E-state index in [0.717, 1.165) is 10.4 Å². The van der Waals surface area contributed by atoms with E-state index in [0.29, 0.717) is 0 Å². The van der Waals surface area contributed by atoms with Crippen molar-refractivity contribution in [1.82, 2.24) is 4.72 Å². The predicted molar refractivity (Wildman–Crippen MR) is 91.4 cm³/mol. The van der Waals surface area contributed by atoms with E-state index in [1.54, 1.807) is 11.3 Å².